The quantitative estimate of drug-likeness (QED) is 0.201. The van der Waals surface area contributed by atoms with E-state index in [1.54, 1.807) is 0 Å². The van der Waals surface area contributed by atoms with Crippen molar-refractivity contribution in [2.45, 2.75) is 58.5 Å². The SMILES string of the molecule is CCn1c(CCC(=O)c2nc(Cl)c(N)nc2N)[n+](CC2(CCc3ccccc3)CCNCC2)c2ccccc21. The average molecular weight is 547 g/mol. The highest BCUT2D eigenvalue weighted by atomic mass is 35.5. The van der Waals surface area contributed by atoms with Crippen molar-refractivity contribution >= 4 is 40.1 Å². The number of imidazole rings is 1. The van der Waals surface area contributed by atoms with E-state index in [4.69, 9.17) is 23.1 Å². The van der Waals surface area contributed by atoms with E-state index in [1.165, 1.54) is 16.6 Å². The van der Waals surface area contributed by atoms with Gasteiger partial charge >= 0.3 is 0 Å². The molecule has 0 unspecified atom stereocenters. The number of rotatable bonds is 10. The number of aryl methyl sites for hydroxylation is 2. The zero-order chi connectivity index (χ0) is 27.4. The van der Waals surface area contributed by atoms with E-state index in [9.17, 15) is 4.79 Å². The summed E-state index contributed by atoms with van der Waals surface area (Å²) in [5, 5.41) is 3.56. The van der Waals surface area contributed by atoms with Gasteiger partial charge in [-0.2, -0.15) is 0 Å². The summed E-state index contributed by atoms with van der Waals surface area (Å²) < 4.78 is 4.80. The maximum absolute atomic E-state index is 13.2. The largest absolute Gasteiger partial charge is 0.382 e. The number of aromatic nitrogens is 4. The summed E-state index contributed by atoms with van der Waals surface area (Å²) in [4.78, 5) is 21.4. The first-order valence-corrected chi connectivity index (χ1v) is 14.1. The molecule has 1 aliphatic rings. The van der Waals surface area contributed by atoms with Crippen LogP contribution in [0.25, 0.3) is 11.0 Å². The number of ketones is 1. The molecule has 204 valence electrons. The summed E-state index contributed by atoms with van der Waals surface area (Å²) in [7, 11) is 0. The molecule has 4 aromatic rings. The zero-order valence-corrected chi connectivity index (χ0v) is 23.3. The van der Waals surface area contributed by atoms with E-state index >= 15 is 0 Å². The van der Waals surface area contributed by atoms with Gasteiger partial charge in [-0.15, -0.1) is 0 Å². The van der Waals surface area contributed by atoms with Crippen molar-refractivity contribution in [2.75, 3.05) is 24.6 Å². The average Bonchev–Trinajstić information content (AvgIpc) is 3.25. The van der Waals surface area contributed by atoms with E-state index in [-0.39, 0.29) is 40.1 Å². The van der Waals surface area contributed by atoms with Gasteiger partial charge in [0.15, 0.2) is 33.6 Å². The molecule has 0 aliphatic carbocycles. The Morgan fingerprint density at radius 3 is 2.49 bits per heavy atom. The van der Waals surface area contributed by atoms with Crippen LogP contribution in [0, 0.1) is 5.41 Å². The fourth-order valence-corrected chi connectivity index (χ4v) is 6.09. The van der Waals surface area contributed by atoms with Crippen molar-refractivity contribution in [1.29, 1.82) is 0 Å². The lowest BCUT2D eigenvalue weighted by atomic mass is 9.74. The second-order valence-corrected chi connectivity index (χ2v) is 10.9. The van der Waals surface area contributed by atoms with Gasteiger partial charge in [-0.3, -0.25) is 4.79 Å². The molecule has 2 aromatic carbocycles. The van der Waals surface area contributed by atoms with Crippen molar-refractivity contribution in [3.8, 4) is 0 Å². The Morgan fingerprint density at radius 1 is 1.03 bits per heavy atom. The minimum atomic E-state index is -0.193. The molecule has 0 atom stereocenters. The normalized spacial score (nSPS) is 15.0. The molecule has 0 spiro atoms. The number of hydrogen-bond acceptors (Lipinski definition) is 6. The molecule has 39 heavy (non-hydrogen) atoms. The molecule has 0 amide bonds. The van der Waals surface area contributed by atoms with Gasteiger partial charge < -0.3 is 16.8 Å². The van der Waals surface area contributed by atoms with Gasteiger partial charge in [0.2, 0.25) is 0 Å². The summed E-state index contributed by atoms with van der Waals surface area (Å²) >= 11 is 6.05. The third-order valence-electron chi connectivity index (χ3n) is 8.09. The van der Waals surface area contributed by atoms with E-state index in [0.717, 1.165) is 57.7 Å². The molecule has 1 aliphatic heterocycles. The number of nitrogens with one attached hydrogen (secondary N) is 1. The van der Waals surface area contributed by atoms with Crippen molar-refractivity contribution < 1.29 is 9.36 Å². The van der Waals surface area contributed by atoms with Crippen LogP contribution in [0.3, 0.4) is 0 Å². The summed E-state index contributed by atoms with van der Waals surface area (Å²) in [5.74, 6) is 0.984. The van der Waals surface area contributed by atoms with Crippen LogP contribution in [0.5, 0.6) is 0 Å². The van der Waals surface area contributed by atoms with Gasteiger partial charge in [-0.1, -0.05) is 54.1 Å². The van der Waals surface area contributed by atoms with Gasteiger partial charge in [-0.05, 0) is 63.4 Å². The molecule has 9 heteroatoms. The number of piperidine rings is 1. The summed E-state index contributed by atoms with van der Waals surface area (Å²) in [6.07, 6.45) is 5.20. The number of nitrogens with two attached hydrogens (primary N) is 2. The van der Waals surface area contributed by atoms with Gasteiger partial charge in [0, 0.05) is 11.8 Å². The molecule has 1 saturated heterocycles. The van der Waals surface area contributed by atoms with Crippen molar-refractivity contribution in [3.63, 3.8) is 0 Å². The molecule has 0 bridgehead atoms. The number of carbonyl (C=O) groups excluding carboxylic acids is 1. The molecule has 2 aromatic heterocycles. The van der Waals surface area contributed by atoms with Crippen LogP contribution < -0.4 is 21.4 Å². The summed E-state index contributed by atoms with van der Waals surface area (Å²) in [5.41, 5.74) is 15.7. The first-order valence-electron chi connectivity index (χ1n) is 13.8. The van der Waals surface area contributed by atoms with Crippen LogP contribution in [0.15, 0.2) is 54.6 Å². The second kappa shape index (κ2) is 11.7. The number of para-hydroxylation sites is 2. The number of anilines is 2. The lowest BCUT2D eigenvalue weighted by Gasteiger charge is -2.37. The molecular formula is C30H37ClN7O+. The van der Waals surface area contributed by atoms with Crippen LogP contribution in [0.2, 0.25) is 5.15 Å². The Balaban J connectivity index is 1.48. The van der Waals surface area contributed by atoms with Crippen LogP contribution in [-0.4, -0.2) is 33.4 Å². The number of benzene rings is 2. The molecule has 3 heterocycles. The smallest absolute Gasteiger partial charge is 0.257 e. The number of halogens is 1. The monoisotopic (exact) mass is 546 g/mol. The lowest BCUT2D eigenvalue weighted by molar-refractivity contribution is -0.694. The van der Waals surface area contributed by atoms with Gasteiger partial charge in [0.1, 0.15) is 5.69 Å². The third kappa shape index (κ3) is 5.77. The van der Waals surface area contributed by atoms with Crippen molar-refractivity contribution in [1.82, 2.24) is 19.9 Å². The fraction of sp³-hybridized carbons (Fsp3) is 0.400. The Morgan fingerprint density at radius 2 is 1.74 bits per heavy atom. The number of nitrogens with zero attached hydrogens (tertiary/aromatic N) is 4. The minimum absolute atomic E-state index is 0.00319. The molecule has 8 nitrogen and oxygen atoms in total. The van der Waals surface area contributed by atoms with Crippen LogP contribution in [0.4, 0.5) is 11.6 Å². The standard InChI is InChI=1S/C30H36ClN7O/c1-2-37-22-10-6-7-11-23(22)38(25(37)13-12-24(39)26-28(32)36-29(33)27(31)35-26)20-30(16-18-34-19-17-30)15-14-21-8-4-3-5-9-21/h3-11,34H,2,12-20H2,1H3,(H3-,32,33,36,39)/p+1. The number of fused-ring (bicyclic) bond motifs is 1. The molecule has 0 radical (unpaired) electrons. The number of nitrogen functional groups attached to an aromatic ring is 2. The fourth-order valence-electron chi connectivity index (χ4n) is 5.97. The number of hydrogen-bond donors (Lipinski definition) is 3. The Bertz CT molecular complexity index is 1460. The number of Topliss-reactive ketones (excluding diaryl/α,β-unsaturated/α-hetero) is 1. The molecule has 1 fully saturated rings. The maximum Gasteiger partial charge on any atom is 0.257 e. The third-order valence-corrected chi connectivity index (χ3v) is 8.37. The summed E-state index contributed by atoms with van der Waals surface area (Å²) in [6, 6.07) is 19.3. The summed E-state index contributed by atoms with van der Waals surface area (Å²) in [6.45, 7) is 5.91. The Hall–Kier alpha value is -3.49. The topological polar surface area (TPSA) is 116 Å². The lowest BCUT2D eigenvalue weighted by Crippen LogP contribution is -2.50. The van der Waals surface area contributed by atoms with E-state index in [1.807, 2.05) is 0 Å². The van der Waals surface area contributed by atoms with Crippen molar-refractivity contribution in [2.24, 2.45) is 5.41 Å². The van der Waals surface area contributed by atoms with Crippen LogP contribution in [0.1, 0.15) is 54.5 Å². The Labute approximate surface area is 234 Å². The molecule has 5 rings (SSSR count). The zero-order valence-electron chi connectivity index (χ0n) is 22.5. The maximum atomic E-state index is 13.2. The first kappa shape index (κ1) is 27.1. The van der Waals surface area contributed by atoms with Gasteiger partial charge in [-0.25, -0.2) is 19.1 Å². The van der Waals surface area contributed by atoms with Crippen molar-refractivity contribution in [3.05, 3.63) is 76.8 Å². The van der Waals surface area contributed by atoms with Gasteiger partial charge in [0.25, 0.3) is 5.82 Å². The highest BCUT2D eigenvalue weighted by Gasteiger charge is 2.37. The molecule has 0 saturated carbocycles. The molecular weight excluding hydrogens is 510 g/mol. The van der Waals surface area contributed by atoms with Crippen LogP contribution >= 0.6 is 11.6 Å². The van der Waals surface area contributed by atoms with E-state index < -0.39 is 0 Å². The second-order valence-electron chi connectivity index (χ2n) is 10.5. The number of carbonyl (C=O) groups is 1. The van der Waals surface area contributed by atoms with E-state index in [2.05, 4.69) is 85.9 Å². The van der Waals surface area contributed by atoms with E-state index in [0.29, 0.717) is 6.42 Å². The first-order chi connectivity index (χ1) is 18.9. The predicted octanol–water partition coefficient (Wildman–Crippen LogP) is 4.37. The van der Waals surface area contributed by atoms with Gasteiger partial charge in [0.05, 0.1) is 19.5 Å². The van der Waals surface area contributed by atoms with Crippen LogP contribution in [-0.2, 0) is 25.9 Å². The highest BCUT2D eigenvalue weighted by Crippen LogP contribution is 2.35. The molecule has 5 N–H and O–H groups in total. The minimum Gasteiger partial charge on any atom is -0.382 e. The highest BCUT2D eigenvalue weighted by molar-refractivity contribution is 6.31. The Kier molecular flexibility index (Phi) is 8.14. The predicted molar refractivity (Wildman–Crippen MR) is 156 cm³/mol.